The highest BCUT2D eigenvalue weighted by Crippen LogP contribution is 2.29. The van der Waals surface area contributed by atoms with E-state index in [9.17, 15) is 4.79 Å². The summed E-state index contributed by atoms with van der Waals surface area (Å²) in [6, 6.07) is 7.82. The van der Waals surface area contributed by atoms with E-state index in [1.807, 2.05) is 24.3 Å². The number of carbonyl (C=O) groups is 1. The lowest BCUT2D eigenvalue weighted by Crippen LogP contribution is -2.53. The first-order chi connectivity index (χ1) is 9.49. The van der Waals surface area contributed by atoms with Crippen LogP contribution in [0.5, 0.6) is 0 Å². The van der Waals surface area contributed by atoms with Crippen LogP contribution < -0.4 is 10.6 Å². The third kappa shape index (κ3) is 5.17. The lowest BCUT2D eigenvalue weighted by atomic mass is 9.77. The first kappa shape index (κ1) is 18.3. The molecule has 1 unspecified atom stereocenters. The van der Waals surface area contributed by atoms with E-state index < -0.39 is 0 Å². The lowest BCUT2D eigenvalue weighted by Gasteiger charge is -2.39. The molecule has 2 rings (SSSR count). The molecule has 1 saturated heterocycles. The van der Waals surface area contributed by atoms with Crippen molar-refractivity contribution >= 4 is 29.9 Å². The summed E-state index contributed by atoms with van der Waals surface area (Å²) in [6.45, 7) is 6.22. The normalized spacial score (nSPS) is 20.4. The fourth-order valence-electron chi connectivity index (χ4n) is 2.71. The zero-order chi connectivity index (χ0) is 14.6. The number of benzene rings is 1. The van der Waals surface area contributed by atoms with Crippen molar-refractivity contribution in [3.8, 4) is 0 Å². The number of piperidine rings is 1. The molecule has 1 heterocycles. The Hall–Kier alpha value is -0.770. The predicted molar refractivity (Wildman–Crippen MR) is 90.2 cm³/mol. The standard InChI is InChI=1S/C16H23ClN2O.ClH/c1-16(2)8-5-9-18-14(16)11-19-15(20)10-12-6-3-4-7-13(12)17;/h3-4,6-7,14,18H,5,8-11H2,1-2H3,(H,19,20);1H. The first-order valence-corrected chi connectivity index (χ1v) is 7.60. The van der Waals surface area contributed by atoms with E-state index in [4.69, 9.17) is 11.6 Å². The van der Waals surface area contributed by atoms with Gasteiger partial charge in [0.05, 0.1) is 6.42 Å². The summed E-state index contributed by atoms with van der Waals surface area (Å²) in [7, 11) is 0. The quantitative estimate of drug-likeness (QED) is 0.890. The third-order valence-electron chi connectivity index (χ3n) is 4.14. The van der Waals surface area contributed by atoms with Crippen molar-refractivity contribution in [2.24, 2.45) is 5.41 Å². The molecule has 1 atom stereocenters. The van der Waals surface area contributed by atoms with Crippen molar-refractivity contribution in [1.82, 2.24) is 10.6 Å². The number of amides is 1. The summed E-state index contributed by atoms with van der Waals surface area (Å²) in [5, 5.41) is 7.17. The van der Waals surface area contributed by atoms with Crippen LogP contribution in [-0.2, 0) is 11.2 Å². The van der Waals surface area contributed by atoms with Crippen molar-refractivity contribution in [3.63, 3.8) is 0 Å². The molecule has 1 aliphatic heterocycles. The highest BCUT2D eigenvalue weighted by atomic mass is 35.5. The summed E-state index contributed by atoms with van der Waals surface area (Å²) < 4.78 is 0. The summed E-state index contributed by atoms with van der Waals surface area (Å²) in [5.41, 5.74) is 1.11. The van der Waals surface area contributed by atoms with Crippen LogP contribution in [0.3, 0.4) is 0 Å². The topological polar surface area (TPSA) is 41.1 Å². The fourth-order valence-corrected chi connectivity index (χ4v) is 2.91. The zero-order valence-electron chi connectivity index (χ0n) is 12.6. The molecule has 1 aromatic carbocycles. The minimum atomic E-state index is 0. The van der Waals surface area contributed by atoms with Gasteiger partial charge >= 0.3 is 0 Å². The molecule has 0 spiro atoms. The molecule has 0 aromatic heterocycles. The largest absolute Gasteiger partial charge is 0.354 e. The average molecular weight is 331 g/mol. The molecule has 1 aromatic rings. The molecular weight excluding hydrogens is 307 g/mol. The van der Waals surface area contributed by atoms with Gasteiger partial charge in [0.15, 0.2) is 0 Å². The molecule has 1 amide bonds. The van der Waals surface area contributed by atoms with E-state index in [-0.39, 0.29) is 23.7 Å². The monoisotopic (exact) mass is 330 g/mol. The second-order valence-corrected chi connectivity index (χ2v) is 6.58. The van der Waals surface area contributed by atoms with Crippen LogP contribution in [0.1, 0.15) is 32.3 Å². The molecule has 21 heavy (non-hydrogen) atoms. The van der Waals surface area contributed by atoms with Crippen molar-refractivity contribution in [1.29, 1.82) is 0 Å². The Morgan fingerprint density at radius 3 is 2.81 bits per heavy atom. The minimum Gasteiger partial charge on any atom is -0.354 e. The number of hydrogen-bond donors (Lipinski definition) is 2. The van der Waals surface area contributed by atoms with Gasteiger partial charge in [-0.15, -0.1) is 12.4 Å². The van der Waals surface area contributed by atoms with Gasteiger partial charge in [-0.3, -0.25) is 4.79 Å². The summed E-state index contributed by atoms with van der Waals surface area (Å²) >= 11 is 6.07. The molecule has 1 aliphatic rings. The van der Waals surface area contributed by atoms with Crippen molar-refractivity contribution in [2.75, 3.05) is 13.1 Å². The number of rotatable bonds is 4. The molecule has 1 fully saturated rings. The third-order valence-corrected chi connectivity index (χ3v) is 4.51. The van der Waals surface area contributed by atoms with Crippen LogP contribution in [0.15, 0.2) is 24.3 Å². The highest BCUT2D eigenvalue weighted by molar-refractivity contribution is 6.31. The molecule has 0 saturated carbocycles. The highest BCUT2D eigenvalue weighted by Gasteiger charge is 2.31. The Balaban J connectivity index is 0.00000220. The molecule has 0 aliphatic carbocycles. The van der Waals surface area contributed by atoms with E-state index in [1.54, 1.807) is 0 Å². The predicted octanol–water partition coefficient (Wildman–Crippen LogP) is 3.20. The Morgan fingerprint density at radius 2 is 2.14 bits per heavy atom. The van der Waals surface area contributed by atoms with Gasteiger partial charge in [-0.2, -0.15) is 0 Å². The van der Waals surface area contributed by atoms with Crippen LogP contribution in [-0.4, -0.2) is 25.0 Å². The van der Waals surface area contributed by atoms with Gasteiger partial charge in [-0.1, -0.05) is 43.6 Å². The fraction of sp³-hybridized carbons (Fsp3) is 0.562. The molecular formula is C16H24Cl2N2O. The van der Waals surface area contributed by atoms with E-state index in [2.05, 4.69) is 24.5 Å². The number of nitrogens with one attached hydrogen (secondary N) is 2. The Labute approximate surface area is 138 Å². The Kier molecular flexibility index (Phi) is 6.98. The van der Waals surface area contributed by atoms with Crippen molar-refractivity contribution in [2.45, 2.75) is 39.2 Å². The van der Waals surface area contributed by atoms with Crippen molar-refractivity contribution in [3.05, 3.63) is 34.9 Å². The van der Waals surface area contributed by atoms with Crippen LogP contribution in [0, 0.1) is 5.41 Å². The minimum absolute atomic E-state index is 0. The summed E-state index contributed by atoms with van der Waals surface area (Å²) in [4.78, 5) is 12.0. The lowest BCUT2D eigenvalue weighted by molar-refractivity contribution is -0.120. The first-order valence-electron chi connectivity index (χ1n) is 7.22. The smallest absolute Gasteiger partial charge is 0.224 e. The van der Waals surface area contributed by atoms with Gasteiger partial charge in [-0.05, 0) is 36.4 Å². The molecule has 3 nitrogen and oxygen atoms in total. The van der Waals surface area contributed by atoms with E-state index in [1.165, 1.54) is 12.8 Å². The van der Waals surface area contributed by atoms with Crippen LogP contribution in [0.4, 0.5) is 0 Å². The summed E-state index contributed by atoms with van der Waals surface area (Å²) in [6.07, 6.45) is 2.74. The maximum atomic E-state index is 12.0. The van der Waals surface area contributed by atoms with E-state index in [0.717, 1.165) is 12.1 Å². The van der Waals surface area contributed by atoms with Crippen LogP contribution in [0.25, 0.3) is 0 Å². The second kappa shape index (κ2) is 8.02. The molecule has 5 heteroatoms. The molecule has 0 radical (unpaired) electrons. The molecule has 2 N–H and O–H groups in total. The maximum absolute atomic E-state index is 12.0. The molecule has 0 bridgehead atoms. The zero-order valence-corrected chi connectivity index (χ0v) is 14.2. The van der Waals surface area contributed by atoms with Gasteiger partial charge < -0.3 is 10.6 Å². The van der Waals surface area contributed by atoms with Gasteiger partial charge in [0, 0.05) is 17.6 Å². The average Bonchev–Trinajstić information content (AvgIpc) is 2.40. The van der Waals surface area contributed by atoms with Gasteiger partial charge in [-0.25, -0.2) is 0 Å². The van der Waals surface area contributed by atoms with Crippen LogP contribution in [0.2, 0.25) is 5.02 Å². The van der Waals surface area contributed by atoms with E-state index in [0.29, 0.717) is 24.0 Å². The van der Waals surface area contributed by atoms with Gasteiger partial charge in [0.25, 0.3) is 0 Å². The van der Waals surface area contributed by atoms with E-state index >= 15 is 0 Å². The molecule has 118 valence electrons. The summed E-state index contributed by atoms with van der Waals surface area (Å²) in [5.74, 6) is 0.0290. The Bertz CT molecular complexity index is 477. The van der Waals surface area contributed by atoms with Crippen LogP contribution >= 0.6 is 24.0 Å². The van der Waals surface area contributed by atoms with Gasteiger partial charge in [0.2, 0.25) is 5.91 Å². The maximum Gasteiger partial charge on any atom is 0.224 e. The Morgan fingerprint density at radius 1 is 1.43 bits per heavy atom. The second-order valence-electron chi connectivity index (χ2n) is 6.17. The SMILES string of the molecule is CC1(C)CCCNC1CNC(=O)Cc1ccccc1Cl.Cl. The van der Waals surface area contributed by atoms with Crippen molar-refractivity contribution < 1.29 is 4.79 Å². The number of hydrogen-bond acceptors (Lipinski definition) is 2. The number of halogens is 2. The number of carbonyl (C=O) groups excluding carboxylic acids is 1. The van der Waals surface area contributed by atoms with Gasteiger partial charge in [0.1, 0.15) is 0 Å².